The second-order valence-corrected chi connectivity index (χ2v) is 7.93. The lowest BCUT2D eigenvalue weighted by Gasteiger charge is -2.23. The first-order valence-corrected chi connectivity index (χ1v) is 9.37. The topological polar surface area (TPSA) is 79.5 Å². The van der Waals surface area contributed by atoms with Crippen molar-refractivity contribution < 1.29 is 14.3 Å². The van der Waals surface area contributed by atoms with Crippen molar-refractivity contribution >= 4 is 23.6 Å². The van der Waals surface area contributed by atoms with Crippen LogP contribution in [0.3, 0.4) is 0 Å². The van der Waals surface area contributed by atoms with Gasteiger partial charge in [0.25, 0.3) is 0 Å². The van der Waals surface area contributed by atoms with Crippen molar-refractivity contribution in [2.75, 3.05) is 6.54 Å². The fraction of sp³-hybridized carbons (Fsp3) is 0.579. The Bertz CT molecular complexity index is 637. The number of amides is 2. The lowest BCUT2D eigenvalue weighted by Crippen LogP contribution is -2.46. The molecule has 1 fully saturated rings. The standard InChI is InChI=1S/C19H28ClN3O3/c1-19(2,3)26-18(25)23-11-13-7-8-15(20)10-14(13)12-22-17(24)16-6-4-5-9-21-16/h7-8,10,16,21H,4-6,9,11-12H2,1-3H3,(H,22,24)(H,23,25)/t16-/m0/s1. The quantitative estimate of drug-likeness (QED) is 0.732. The second kappa shape index (κ2) is 9.24. The van der Waals surface area contributed by atoms with Crippen molar-refractivity contribution in [1.82, 2.24) is 16.0 Å². The van der Waals surface area contributed by atoms with Crippen LogP contribution < -0.4 is 16.0 Å². The minimum Gasteiger partial charge on any atom is -0.444 e. The number of carbonyl (C=O) groups is 2. The molecule has 144 valence electrons. The lowest BCUT2D eigenvalue weighted by molar-refractivity contribution is -0.123. The normalized spacial score (nSPS) is 17.5. The summed E-state index contributed by atoms with van der Waals surface area (Å²) in [7, 11) is 0. The molecule has 0 aromatic heterocycles. The van der Waals surface area contributed by atoms with Crippen molar-refractivity contribution in [3.63, 3.8) is 0 Å². The molecule has 3 N–H and O–H groups in total. The Labute approximate surface area is 160 Å². The summed E-state index contributed by atoms with van der Waals surface area (Å²) in [4.78, 5) is 24.1. The molecule has 1 aliphatic heterocycles. The van der Waals surface area contributed by atoms with E-state index in [9.17, 15) is 9.59 Å². The predicted octanol–water partition coefficient (Wildman–Crippen LogP) is 3.12. The fourth-order valence-corrected chi connectivity index (χ4v) is 2.99. The van der Waals surface area contributed by atoms with E-state index in [0.717, 1.165) is 36.9 Å². The van der Waals surface area contributed by atoms with Gasteiger partial charge in [0, 0.05) is 18.1 Å². The van der Waals surface area contributed by atoms with Gasteiger partial charge in [0.15, 0.2) is 0 Å². The molecule has 1 saturated heterocycles. The maximum atomic E-state index is 12.3. The van der Waals surface area contributed by atoms with Crippen molar-refractivity contribution in [3.8, 4) is 0 Å². The summed E-state index contributed by atoms with van der Waals surface area (Å²) in [6.45, 7) is 6.99. The molecule has 1 heterocycles. The molecule has 1 aromatic rings. The Morgan fingerprint density at radius 2 is 1.92 bits per heavy atom. The third-order valence-corrected chi connectivity index (χ3v) is 4.31. The van der Waals surface area contributed by atoms with Gasteiger partial charge < -0.3 is 20.7 Å². The summed E-state index contributed by atoms with van der Waals surface area (Å²) in [5.74, 6) is -0.00396. The number of hydrogen-bond donors (Lipinski definition) is 3. The zero-order valence-corrected chi connectivity index (χ0v) is 16.4. The van der Waals surface area contributed by atoms with Crippen LogP contribution in [0.1, 0.15) is 51.2 Å². The van der Waals surface area contributed by atoms with Gasteiger partial charge in [-0.05, 0) is 63.4 Å². The van der Waals surface area contributed by atoms with Gasteiger partial charge in [0.2, 0.25) is 5.91 Å². The smallest absolute Gasteiger partial charge is 0.407 e. The monoisotopic (exact) mass is 381 g/mol. The van der Waals surface area contributed by atoms with E-state index in [0.29, 0.717) is 18.1 Å². The summed E-state index contributed by atoms with van der Waals surface area (Å²) >= 11 is 6.09. The van der Waals surface area contributed by atoms with Crippen LogP contribution in [0, 0.1) is 0 Å². The molecule has 0 unspecified atom stereocenters. The Morgan fingerprint density at radius 1 is 1.19 bits per heavy atom. The first-order chi connectivity index (χ1) is 12.2. The van der Waals surface area contributed by atoms with Crippen LogP contribution in [0.25, 0.3) is 0 Å². The van der Waals surface area contributed by atoms with Crippen molar-refractivity contribution in [1.29, 1.82) is 0 Å². The van der Waals surface area contributed by atoms with Gasteiger partial charge in [-0.1, -0.05) is 24.1 Å². The fourth-order valence-electron chi connectivity index (χ4n) is 2.79. The van der Waals surface area contributed by atoms with Gasteiger partial charge in [0.1, 0.15) is 5.60 Å². The van der Waals surface area contributed by atoms with Gasteiger partial charge in [0.05, 0.1) is 6.04 Å². The molecule has 0 aliphatic carbocycles. The van der Waals surface area contributed by atoms with Gasteiger partial charge in [-0.15, -0.1) is 0 Å². The molecule has 2 amide bonds. The molecule has 6 nitrogen and oxygen atoms in total. The molecule has 1 aromatic carbocycles. The molecular weight excluding hydrogens is 354 g/mol. The SMILES string of the molecule is CC(C)(C)OC(=O)NCc1ccc(Cl)cc1CNC(=O)[C@@H]1CCCCN1. The highest BCUT2D eigenvalue weighted by molar-refractivity contribution is 6.30. The van der Waals surface area contributed by atoms with Crippen LogP contribution in [-0.4, -0.2) is 30.2 Å². The molecule has 1 aliphatic rings. The Hall–Kier alpha value is -1.79. The van der Waals surface area contributed by atoms with Crippen LogP contribution in [0.15, 0.2) is 18.2 Å². The third-order valence-electron chi connectivity index (χ3n) is 4.07. The molecule has 26 heavy (non-hydrogen) atoms. The summed E-state index contributed by atoms with van der Waals surface area (Å²) in [5, 5.41) is 9.52. The molecule has 7 heteroatoms. The first kappa shape index (κ1) is 20.5. The number of hydrogen-bond acceptors (Lipinski definition) is 4. The molecule has 0 bridgehead atoms. The van der Waals surface area contributed by atoms with E-state index in [1.54, 1.807) is 6.07 Å². The molecule has 2 rings (SSSR count). The molecular formula is C19H28ClN3O3. The maximum absolute atomic E-state index is 12.3. The minimum atomic E-state index is -0.548. The van der Waals surface area contributed by atoms with E-state index >= 15 is 0 Å². The first-order valence-electron chi connectivity index (χ1n) is 9.00. The summed E-state index contributed by atoms with van der Waals surface area (Å²) in [5.41, 5.74) is 1.21. The highest BCUT2D eigenvalue weighted by Gasteiger charge is 2.20. The highest BCUT2D eigenvalue weighted by Crippen LogP contribution is 2.17. The van der Waals surface area contributed by atoms with Crippen LogP contribution in [-0.2, 0) is 22.6 Å². The number of alkyl carbamates (subject to hydrolysis) is 1. The number of piperidine rings is 1. The summed E-state index contributed by atoms with van der Waals surface area (Å²) < 4.78 is 5.25. The van der Waals surface area contributed by atoms with E-state index in [1.165, 1.54) is 0 Å². The Kier molecular flexibility index (Phi) is 7.29. The van der Waals surface area contributed by atoms with Crippen LogP contribution in [0.2, 0.25) is 5.02 Å². The van der Waals surface area contributed by atoms with Gasteiger partial charge in [-0.3, -0.25) is 4.79 Å². The number of nitrogens with one attached hydrogen (secondary N) is 3. The van der Waals surface area contributed by atoms with Crippen molar-refractivity contribution in [2.45, 2.75) is 64.8 Å². The third kappa shape index (κ3) is 6.84. The van der Waals surface area contributed by atoms with Crippen LogP contribution in [0.5, 0.6) is 0 Å². The molecule has 0 saturated carbocycles. The number of benzene rings is 1. The highest BCUT2D eigenvalue weighted by atomic mass is 35.5. The molecule has 1 atom stereocenters. The Morgan fingerprint density at radius 3 is 2.58 bits per heavy atom. The molecule has 0 spiro atoms. The van der Waals surface area contributed by atoms with Crippen LogP contribution >= 0.6 is 11.6 Å². The predicted molar refractivity (Wildman–Crippen MR) is 102 cm³/mol. The summed E-state index contributed by atoms with van der Waals surface area (Å²) in [6.07, 6.45) is 2.55. The van der Waals surface area contributed by atoms with E-state index in [4.69, 9.17) is 16.3 Å². The van der Waals surface area contributed by atoms with E-state index in [-0.39, 0.29) is 11.9 Å². The summed E-state index contributed by atoms with van der Waals surface area (Å²) in [6, 6.07) is 5.29. The van der Waals surface area contributed by atoms with Crippen LogP contribution in [0.4, 0.5) is 4.79 Å². The van der Waals surface area contributed by atoms with Gasteiger partial charge >= 0.3 is 6.09 Å². The Balaban J connectivity index is 1.94. The van der Waals surface area contributed by atoms with Crippen molar-refractivity contribution in [3.05, 3.63) is 34.3 Å². The number of carbonyl (C=O) groups excluding carboxylic acids is 2. The average molecular weight is 382 g/mol. The van der Waals surface area contributed by atoms with Gasteiger partial charge in [-0.2, -0.15) is 0 Å². The number of ether oxygens (including phenoxy) is 1. The number of halogens is 1. The van der Waals surface area contributed by atoms with Gasteiger partial charge in [-0.25, -0.2) is 4.79 Å². The van der Waals surface area contributed by atoms with Crippen molar-refractivity contribution in [2.24, 2.45) is 0 Å². The van der Waals surface area contributed by atoms with E-state index < -0.39 is 11.7 Å². The minimum absolute atomic E-state index is 0.00396. The van der Waals surface area contributed by atoms with E-state index in [2.05, 4.69) is 16.0 Å². The molecule has 0 radical (unpaired) electrons. The largest absolute Gasteiger partial charge is 0.444 e. The lowest BCUT2D eigenvalue weighted by atomic mass is 10.0. The zero-order valence-electron chi connectivity index (χ0n) is 15.7. The second-order valence-electron chi connectivity index (χ2n) is 7.49. The number of rotatable bonds is 5. The maximum Gasteiger partial charge on any atom is 0.407 e. The van der Waals surface area contributed by atoms with E-state index in [1.807, 2.05) is 32.9 Å². The zero-order chi connectivity index (χ0) is 19.2. The average Bonchev–Trinajstić information content (AvgIpc) is 2.58.